The summed E-state index contributed by atoms with van der Waals surface area (Å²) in [6.45, 7) is 10.7. The molecule has 1 N–H and O–H groups in total. The van der Waals surface area contributed by atoms with Crippen LogP contribution in [0.2, 0.25) is 0 Å². The summed E-state index contributed by atoms with van der Waals surface area (Å²) in [5.41, 5.74) is -0.404. The highest BCUT2D eigenvalue weighted by Crippen LogP contribution is 2.31. The van der Waals surface area contributed by atoms with E-state index in [4.69, 9.17) is 4.74 Å². The lowest BCUT2D eigenvalue weighted by atomic mass is 9.81. The number of rotatable bonds is 5. The molecule has 4 heteroatoms. The molecule has 0 aromatic rings. The molecule has 1 saturated heterocycles. The van der Waals surface area contributed by atoms with Gasteiger partial charge in [-0.1, -0.05) is 39.0 Å². The van der Waals surface area contributed by atoms with Crippen LogP contribution in [0.1, 0.15) is 72.6 Å². The van der Waals surface area contributed by atoms with Gasteiger partial charge in [0.1, 0.15) is 5.60 Å². The summed E-state index contributed by atoms with van der Waals surface area (Å²) in [7, 11) is 0. The monoisotopic (exact) mass is 324 g/mol. The van der Waals surface area contributed by atoms with Gasteiger partial charge in [0, 0.05) is 19.1 Å². The minimum absolute atomic E-state index is 0.145. The normalized spacial score (nSPS) is 24.7. The van der Waals surface area contributed by atoms with Crippen molar-refractivity contribution in [3.05, 3.63) is 0 Å². The molecular weight excluding hydrogens is 288 g/mol. The van der Waals surface area contributed by atoms with E-state index >= 15 is 0 Å². The lowest BCUT2D eigenvalue weighted by molar-refractivity contribution is 0.0284. The smallest absolute Gasteiger partial charge is 0.410 e. The van der Waals surface area contributed by atoms with Gasteiger partial charge in [0.25, 0.3) is 0 Å². The van der Waals surface area contributed by atoms with E-state index in [0.717, 1.165) is 32.0 Å². The van der Waals surface area contributed by atoms with Crippen LogP contribution in [0.15, 0.2) is 0 Å². The summed E-state index contributed by atoms with van der Waals surface area (Å²) in [4.78, 5) is 14.2. The summed E-state index contributed by atoms with van der Waals surface area (Å²) in [5, 5.41) is 3.70. The number of nitrogens with zero attached hydrogens (tertiary/aromatic N) is 1. The molecule has 2 fully saturated rings. The minimum atomic E-state index is -0.404. The van der Waals surface area contributed by atoms with Gasteiger partial charge in [-0.3, -0.25) is 0 Å². The number of amides is 1. The predicted molar refractivity (Wildman–Crippen MR) is 94.6 cm³/mol. The largest absolute Gasteiger partial charge is 0.444 e. The SMILES string of the molecule is CCNC(CC1CCCCC1)C1CCN(C(=O)OC(C)(C)C)C1. The van der Waals surface area contributed by atoms with Crippen LogP contribution in [0.3, 0.4) is 0 Å². The maximum Gasteiger partial charge on any atom is 0.410 e. The Kier molecular flexibility index (Phi) is 6.75. The Balaban J connectivity index is 1.86. The zero-order valence-electron chi connectivity index (χ0n) is 15.6. The molecule has 0 aromatic heterocycles. The van der Waals surface area contributed by atoms with Crippen LogP contribution in [0, 0.1) is 11.8 Å². The fraction of sp³-hybridized carbons (Fsp3) is 0.947. The van der Waals surface area contributed by atoms with Crippen LogP contribution in [0.4, 0.5) is 4.79 Å². The summed E-state index contributed by atoms with van der Waals surface area (Å²) in [6, 6.07) is 0.551. The molecule has 134 valence electrons. The summed E-state index contributed by atoms with van der Waals surface area (Å²) in [5.74, 6) is 1.45. The molecule has 0 spiro atoms. The number of hydrogen-bond donors (Lipinski definition) is 1. The van der Waals surface area contributed by atoms with Crippen LogP contribution < -0.4 is 5.32 Å². The Morgan fingerprint density at radius 3 is 2.52 bits per heavy atom. The maximum atomic E-state index is 12.3. The van der Waals surface area contributed by atoms with E-state index in [0.29, 0.717) is 12.0 Å². The molecule has 1 amide bonds. The molecule has 2 rings (SSSR count). The van der Waals surface area contributed by atoms with Crippen LogP contribution in [0.25, 0.3) is 0 Å². The molecule has 1 heterocycles. The van der Waals surface area contributed by atoms with Crippen molar-refractivity contribution in [3.63, 3.8) is 0 Å². The van der Waals surface area contributed by atoms with E-state index in [-0.39, 0.29) is 6.09 Å². The van der Waals surface area contributed by atoms with Crippen LogP contribution in [-0.4, -0.2) is 42.3 Å². The third-order valence-corrected chi connectivity index (χ3v) is 5.22. The first-order valence-electron chi connectivity index (χ1n) is 9.60. The van der Waals surface area contributed by atoms with Crippen molar-refractivity contribution >= 4 is 6.09 Å². The van der Waals surface area contributed by atoms with E-state index in [9.17, 15) is 4.79 Å². The van der Waals surface area contributed by atoms with Gasteiger partial charge in [-0.25, -0.2) is 4.79 Å². The van der Waals surface area contributed by atoms with Crippen molar-refractivity contribution in [3.8, 4) is 0 Å². The van der Waals surface area contributed by atoms with Crippen molar-refractivity contribution < 1.29 is 9.53 Å². The summed E-state index contributed by atoms with van der Waals surface area (Å²) in [6.07, 6.45) is 9.24. The van der Waals surface area contributed by atoms with Crippen molar-refractivity contribution in [2.24, 2.45) is 11.8 Å². The molecule has 0 bridgehead atoms. The highest BCUT2D eigenvalue weighted by atomic mass is 16.6. The Bertz CT molecular complexity index is 372. The van der Waals surface area contributed by atoms with Crippen LogP contribution in [0.5, 0.6) is 0 Å². The first kappa shape index (κ1) is 18.6. The van der Waals surface area contributed by atoms with E-state index in [2.05, 4.69) is 12.2 Å². The van der Waals surface area contributed by atoms with Gasteiger partial charge >= 0.3 is 6.09 Å². The quantitative estimate of drug-likeness (QED) is 0.824. The second-order valence-corrected chi connectivity index (χ2v) is 8.38. The van der Waals surface area contributed by atoms with E-state index in [1.165, 1.54) is 38.5 Å². The highest BCUT2D eigenvalue weighted by Gasteiger charge is 2.34. The zero-order chi connectivity index (χ0) is 16.9. The third-order valence-electron chi connectivity index (χ3n) is 5.22. The van der Waals surface area contributed by atoms with Crippen LogP contribution in [-0.2, 0) is 4.74 Å². The first-order chi connectivity index (χ1) is 10.9. The topological polar surface area (TPSA) is 41.6 Å². The molecule has 1 aliphatic heterocycles. The molecule has 0 aromatic carbocycles. The molecule has 1 aliphatic carbocycles. The summed E-state index contributed by atoms with van der Waals surface area (Å²) >= 11 is 0. The molecule has 2 aliphatic rings. The van der Waals surface area contributed by atoms with Crippen molar-refractivity contribution in [1.82, 2.24) is 10.2 Å². The average molecular weight is 325 g/mol. The highest BCUT2D eigenvalue weighted by molar-refractivity contribution is 5.68. The van der Waals surface area contributed by atoms with Gasteiger partial charge in [0.05, 0.1) is 0 Å². The second-order valence-electron chi connectivity index (χ2n) is 8.38. The van der Waals surface area contributed by atoms with Gasteiger partial charge in [-0.05, 0) is 52.0 Å². The average Bonchev–Trinajstić information content (AvgIpc) is 2.96. The number of nitrogens with one attached hydrogen (secondary N) is 1. The van der Waals surface area contributed by atoms with E-state index in [1.807, 2.05) is 25.7 Å². The fourth-order valence-corrected chi connectivity index (χ4v) is 4.09. The zero-order valence-corrected chi connectivity index (χ0v) is 15.6. The number of carbonyl (C=O) groups excluding carboxylic acids is 1. The van der Waals surface area contributed by atoms with Gasteiger partial charge < -0.3 is 15.0 Å². The molecular formula is C19H36N2O2. The van der Waals surface area contributed by atoms with Crippen molar-refractivity contribution in [1.29, 1.82) is 0 Å². The fourth-order valence-electron chi connectivity index (χ4n) is 4.09. The standard InChI is InChI=1S/C19H36N2O2/c1-5-20-17(13-15-9-7-6-8-10-15)16-11-12-21(14-16)18(22)23-19(2,3)4/h15-17,20H,5-14H2,1-4H3. The predicted octanol–water partition coefficient (Wildman–Crippen LogP) is 4.19. The second kappa shape index (κ2) is 8.36. The Morgan fingerprint density at radius 1 is 1.22 bits per heavy atom. The molecule has 2 atom stereocenters. The number of carbonyl (C=O) groups is 1. The van der Waals surface area contributed by atoms with Crippen LogP contribution >= 0.6 is 0 Å². The van der Waals surface area contributed by atoms with Crippen molar-refractivity contribution in [2.45, 2.75) is 84.3 Å². The molecule has 23 heavy (non-hydrogen) atoms. The van der Waals surface area contributed by atoms with Crippen molar-refractivity contribution in [2.75, 3.05) is 19.6 Å². The lowest BCUT2D eigenvalue weighted by Gasteiger charge is -2.31. The molecule has 0 radical (unpaired) electrons. The summed E-state index contributed by atoms with van der Waals surface area (Å²) < 4.78 is 5.53. The van der Waals surface area contributed by atoms with E-state index < -0.39 is 5.60 Å². The Labute approximate surface area is 142 Å². The van der Waals surface area contributed by atoms with Gasteiger partial charge in [-0.2, -0.15) is 0 Å². The lowest BCUT2D eigenvalue weighted by Crippen LogP contribution is -2.41. The van der Waals surface area contributed by atoms with Gasteiger partial charge in [0.15, 0.2) is 0 Å². The molecule has 4 nitrogen and oxygen atoms in total. The van der Waals surface area contributed by atoms with Gasteiger partial charge in [0.2, 0.25) is 0 Å². The minimum Gasteiger partial charge on any atom is -0.444 e. The third kappa shape index (κ3) is 5.98. The number of ether oxygens (including phenoxy) is 1. The molecule has 2 unspecified atom stereocenters. The number of hydrogen-bond acceptors (Lipinski definition) is 3. The Morgan fingerprint density at radius 2 is 1.91 bits per heavy atom. The van der Waals surface area contributed by atoms with E-state index in [1.54, 1.807) is 0 Å². The Hall–Kier alpha value is -0.770. The first-order valence-corrected chi connectivity index (χ1v) is 9.60. The maximum absolute atomic E-state index is 12.3. The molecule has 1 saturated carbocycles. The van der Waals surface area contributed by atoms with Gasteiger partial charge in [-0.15, -0.1) is 0 Å². The number of likely N-dealkylation sites (tertiary alicyclic amines) is 1.